The van der Waals surface area contributed by atoms with Gasteiger partial charge in [0.1, 0.15) is 0 Å². The second-order valence-electron chi connectivity index (χ2n) is 7.84. The van der Waals surface area contributed by atoms with E-state index in [1.807, 2.05) is 49.4 Å². The second kappa shape index (κ2) is 9.04. The van der Waals surface area contributed by atoms with Crippen LogP contribution in [0.2, 0.25) is 0 Å². The van der Waals surface area contributed by atoms with Gasteiger partial charge in [-0.3, -0.25) is 4.79 Å². The molecule has 6 heteroatoms. The number of aryl methyl sites for hydroxylation is 1. The third kappa shape index (κ3) is 4.70. The van der Waals surface area contributed by atoms with Crippen LogP contribution in [0.4, 0.5) is 5.69 Å². The summed E-state index contributed by atoms with van der Waals surface area (Å²) in [5.74, 6) is -0.180. The summed E-state index contributed by atoms with van der Waals surface area (Å²) in [4.78, 5) is 13.0. The molecule has 5 nitrogen and oxygen atoms in total. The lowest BCUT2D eigenvalue weighted by atomic mass is 10.0. The summed E-state index contributed by atoms with van der Waals surface area (Å²) in [5.41, 5.74) is 4.05. The van der Waals surface area contributed by atoms with E-state index in [2.05, 4.69) is 5.32 Å². The Labute approximate surface area is 183 Å². The molecule has 0 aliphatic carbocycles. The van der Waals surface area contributed by atoms with E-state index in [4.69, 9.17) is 0 Å². The van der Waals surface area contributed by atoms with E-state index in [0.29, 0.717) is 23.5 Å². The largest absolute Gasteiger partial charge is 0.322 e. The first-order valence-corrected chi connectivity index (χ1v) is 12.0. The molecule has 1 fully saturated rings. The van der Waals surface area contributed by atoms with Crippen molar-refractivity contribution in [1.29, 1.82) is 0 Å². The van der Waals surface area contributed by atoms with Crippen molar-refractivity contribution in [3.63, 3.8) is 0 Å². The molecule has 1 amide bonds. The van der Waals surface area contributed by atoms with Gasteiger partial charge >= 0.3 is 0 Å². The van der Waals surface area contributed by atoms with Gasteiger partial charge in [-0.25, -0.2) is 8.42 Å². The van der Waals surface area contributed by atoms with Gasteiger partial charge in [0, 0.05) is 24.3 Å². The van der Waals surface area contributed by atoms with Gasteiger partial charge in [0.15, 0.2) is 0 Å². The minimum Gasteiger partial charge on any atom is -0.322 e. The Balaban J connectivity index is 1.54. The smallest absolute Gasteiger partial charge is 0.255 e. The first-order valence-electron chi connectivity index (χ1n) is 10.5. The van der Waals surface area contributed by atoms with Crippen LogP contribution >= 0.6 is 0 Å². The molecule has 0 atom stereocenters. The fourth-order valence-electron chi connectivity index (χ4n) is 3.82. The average molecular weight is 435 g/mol. The van der Waals surface area contributed by atoms with E-state index >= 15 is 0 Å². The van der Waals surface area contributed by atoms with Crippen LogP contribution in [0.15, 0.2) is 77.7 Å². The summed E-state index contributed by atoms with van der Waals surface area (Å²) in [5, 5.41) is 2.95. The Morgan fingerprint density at radius 3 is 2.26 bits per heavy atom. The van der Waals surface area contributed by atoms with Gasteiger partial charge in [-0.05, 0) is 66.8 Å². The lowest BCUT2D eigenvalue weighted by Gasteiger charge is -2.25. The Hall–Kier alpha value is -2.96. The normalized spacial score (nSPS) is 14.9. The van der Waals surface area contributed by atoms with E-state index in [9.17, 15) is 13.2 Å². The Kier molecular flexibility index (Phi) is 6.20. The number of sulfonamides is 1. The molecule has 3 aromatic carbocycles. The zero-order valence-corrected chi connectivity index (χ0v) is 18.4. The SMILES string of the molecule is Cc1ccccc1NC(=O)c1cccc(-c2ccc(S(=O)(=O)N3CCCCC3)cc2)c1. The topological polar surface area (TPSA) is 66.5 Å². The van der Waals surface area contributed by atoms with Gasteiger partial charge in [0.25, 0.3) is 5.91 Å². The summed E-state index contributed by atoms with van der Waals surface area (Å²) in [6, 6.07) is 21.9. The standard InChI is InChI=1S/C25H26N2O3S/c1-19-8-3-4-11-24(19)26-25(28)22-10-7-9-21(18-22)20-12-14-23(15-13-20)31(29,30)27-16-5-2-6-17-27/h3-4,7-15,18H,2,5-6,16-17H2,1H3,(H,26,28). The number of nitrogens with one attached hydrogen (secondary N) is 1. The molecule has 0 spiro atoms. The van der Waals surface area contributed by atoms with Crippen molar-refractivity contribution < 1.29 is 13.2 Å². The van der Waals surface area contributed by atoms with Crippen molar-refractivity contribution in [2.75, 3.05) is 18.4 Å². The highest BCUT2D eigenvalue weighted by Crippen LogP contribution is 2.26. The van der Waals surface area contributed by atoms with Crippen LogP contribution in [-0.2, 0) is 10.0 Å². The number of para-hydroxylation sites is 1. The third-order valence-corrected chi connectivity index (χ3v) is 7.57. The van der Waals surface area contributed by atoms with Crippen molar-refractivity contribution in [2.45, 2.75) is 31.1 Å². The number of carbonyl (C=O) groups is 1. The van der Waals surface area contributed by atoms with Crippen LogP contribution in [0.1, 0.15) is 35.2 Å². The van der Waals surface area contributed by atoms with Gasteiger partial charge in [-0.2, -0.15) is 4.31 Å². The molecule has 1 aliphatic heterocycles. The lowest BCUT2D eigenvalue weighted by Crippen LogP contribution is -2.35. The zero-order chi connectivity index (χ0) is 21.8. The van der Waals surface area contributed by atoms with Gasteiger partial charge in [-0.15, -0.1) is 0 Å². The number of rotatable bonds is 5. The summed E-state index contributed by atoms with van der Waals surface area (Å²) in [7, 11) is -3.45. The van der Waals surface area contributed by atoms with Crippen molar-refractivity contribution in [1.82, 2.24) is 4.31 Å². The molecule has 31 heavy (non-hydrogen) atoms. The summed E-state index contributed by atoms with van der Waals surface area (Å²) < 4.78 is 27.3. The predicted octanol–water partition coefficient (Wildman–Crippen LogP) is 5.09. The molecule has 0 unspecified atom stereocenters. The molecule has 0 bridgehead atoms. The molecule has 0 saturated carbocycles. The molecular formula is C25H26N2O3S. The fraction of sp³-hybridized carbons (Fsp3) is 0.240. The first kappa shape index (κ1) is 21.3. The minimum absolute atomic E-state index is 0.180. The number of hydrogen-bond acceptors (Lipinski definition) is 3. The number of amides is 1. The molecule has 0 aromatic heterocycles. The Morgan fingerprint density at radius 2 is 1.55 bits per heavy atom. The van der Waals surface area contributed by atoms with Gasteiger partial charge < -0.3 is 5.32 Å². The van der Waals surface area contributed by atoms with E-state index in [1.54, 1.807) is 34.6 Å². The number of nitrogens with zero attached hydrogens (tertiary/aromatic N) is 1. The van der Waals surface area contributed by atoms with Crippen LogP contribution in [0.25, 0.3) is 11.1 Å². The molecule has 4 rings (SSSR count). The number of piperidine rings is 1. The molecule has 3 aromatic rings. The highest BCUT2D eigenvalue weighted by atomic mass is 32.2. The van der Waals surface area contributed by atoms with E-state index in [1.165, 1.54) is 0 Å². The van der Waals surface area contributed by atoms with Crippen LogP contribution in [0.5, 0.6) is 0 Å². The molecule has 0 radical (unpaired) electrons. The molecule has 1 N–H and O–H groups in total. The molecule has 160 valence electrons. The first-order chi connectivity index (χ1) is 14.9. The van der Waals surface area contributed by atoms with E-state index in [-0.39, 0.29) is 5.91 Å². The number of hydrogen-bond donors (Lipinski definition) is 1. The molecule has 1 aliphatic rings. The maximum atomic E-state index is 12.9. The lowest BCUT2D eigenvalue weighted by molar-refractivity contribution is 0.102. The Bertz CT molecular complexity index is 1180. The van der Waals surface area contributed by atoms with Crippen molar-refractivity contribution >= 4 is 21.6 Å². The predicted molar refractivity (Wildman–Crippen MR) is 124 cm³/mol. The highest BCUT2D eigenvalue weighted by molar-refractivity contribution is 7.89. The summed E-state index contributed by atoms with van der Waals surface area (Å²) in [6.07, 6.45) is 2.90. The minimum atomic E-state index is -3.45. The zero-order valence-electron chi connectivity index (χ0n) is 17.5. The van der Waals surface area contributed by atoms with Crippen molar-refractivity contribution in [3.05, 3.63) is 83.9 Å². The van der Waals surface area contributed by atoms with Crippen LogP contribution in [0, 0.1) is 6.92 Å². The highest BCUT2D eigenvalue weighted by Gasteiger charge is 2.25. The number of anilines is 1. The van der Waals surface area contributed by atoms with Gasteiger partial charge in [0.2, 0.25) is 10.0 Å². The van der Waals surface area contributed by atoms with Crippen molar-refractivity contribution in [2.24, 2.45) is 0 Å². The van der Waals surface area contributed by atoms with E-state index in [0.717, 1.165) is 41.6 Å². The van der Waals surface area contributed by atoms with Crippen molar-refractivity contribution in [3.8, 4) is 11.1 Å². The fourth-order valence-corrected chi connectivity index (χ4v) is 5.34. The molecule has 1 saturated heterocycles. The number of carbonyl (C=O) groups excluding carboxylic acids is 1. The molecular weight excluding hydrogens is 408 g/mol. The summed E-state index contributed by atoms with van der Waals surface area (Å²) in [6.45, 7) is 3.12. The average Bonchev–Trinajstić information content (AvgIpc) is 2.81. The van der Waals surface area contributed by atoms with Crippen LogP contribution in [-0.4, -0.2) is 31.7 Å². The quantitative estimate of drug-likeness (QED) is 0.608. The van der Waals surface area contributed by atoms with Crippen LogP contribution in [0.3, 0.4) is 0 Å². The number of benzene rings is 3. The van der Waals surface area contributed by atoms with Gasteiger partial charge in [0.05, 0.1) is 4.90 Å². The van der Waals surface area contributed by atoms with Gasteiger partial charge in [-0.1, -0.05) is 48.9 Å². The maximum Gasteiger partial charge on any atom is 0.255 e. The Morgan fingerprint density at radius 1 is 0.839 bits per heavy atom. The molecule has 1 heterocycles. The monoisotopic (exact) mass is 434 g/mol. The second-order valence-corrected chi connectivity index (χ2v) is 9.78. The van der Waals surface area contributed by atoms with E-state index < -0.39 is 10.0 Å². The third-order valence-electron chi connectivity index (χ3n) is 5.66. The van der Waals surface area contributed by atoms with Crippen LogP contribution < -0.4 is 5.32 Å². The summed E-state index contributed by atoms with van der Waals surface area (Å²) >= 11 is 0. The maximum absolute atomic E-state index is 12.9.